The van der Waals surface area contributed by atoms with Crippen LogP contribution in [0.2, 0.25) is 0 Å². The summed E-state index contributed by atoms with van der Waals surface area (Å²) in [5, 5.41) is 16.8. The van der Waals surface area contributed by atoms with Crippen molar-refractivity contribution in [3.05, 3.63) is 34.2 Å². The summed E-state index contributed by atoms with van der Waals surface area (Å²) < 4.78 is 14.5. The molecule has 5 rings (SSSR count). The van der Waals surface area contributed by atoms with Crippen LogP contribution in [0.15, 0.2) is 23.5 Å². The standard InChI is InChI=1S/C23H31Cl2NO3.C9H16ClN3O2.H3O4P/c1-23-9-8-18-17-5-3-16(29-22(28)26(12-10-24)13-11-25)14-15(17)2-4-19(18)20(23)6-7-21(23)27;10-6-7-13(12-15)9(14)11-8-4-2-1-3-5-8;1-5(2,3)4/h3,5,14,18-21,27H,2,4,6-13H2,1H3;8H,1-7H2,(H,11,14);(H3,1,2,3,4)/t18-,19-,20+,21+,23+;;/m1../s1. The van der Waals surface area contributed by atoms with Crippen LogP contribution in [0.4, 0.5) is 9.59 Å². The summed E-state index contributed by atoms with van der Waals surface area (Å²) in [6.45, 7) is 3.31. The molecule has 49 heavy (non-hydrogen) atoms. The number of amides is 3. The van der Waals surface area contributed by atoms with E-state index in [1.807, 2.05) is 12.1 Å². The van der Waals surface area contributed by atoms with Crippen molar-refractivity contribution in [1.82, 2.24) is 15.2 Å². The second kappa shape index (κ2) is 19.8. The Morgan fingerprint density at radius 3 is 2.20 bits per heavy atom. The summed E-state index contributed by atoms with van der Waals surface area (Å²) in [4.78, 5) is 57.4. The van der Waals surface area contributed by atoms with Crippen molar-refractivity contribution in [3.8, 4) is 5.75 Å². The minimum absolute atomic E-state index is 0.0996. The van der Waals surface area contributed by atoms with E-state index in [0.717, 1.165) is 69.2 Å². The van der Waals surface area contributed by atoms with Crippen LogP contribution < -0.4 is 10.1 Å². The van der Waals surface area contributed by atoms with Crippen LogP contribution in [0, 0.1) is 22.2 Å². The minimum Gasteiger partial charge on any atom is -0.410 e. The number of urea groups is 1. The van der Waals surface area contributed by atoms with Crippen molar-refractivity contribution in [3.63, 3.8) is 0 Å². The molecule has 17 heteroatoms. The van der Waals surface area contributed by atoms with Crippen molar-refractivity contribution < 1.29 is 38.7 Å². The average molecular weight is 772 g/mol. The smallest absolute Gasteiger partial charge is 0.410 e. The van der Waals surface area contributed by atoms with E-state index in [0.29, 0.717) is 48.4 Å². The molecule has 0 radical (unpaired) electrons. The second-order valence-electron chi connectivity index (χ2n) is 13.3. The lowest BCUT2D eigenvalue weighted by Gasteiger charge is -2.50. The molecule has 0 unspecified atom stereocenters. The Balaban J connectivity index is 0.000000272. The lowest BCUT2D eigenvalue weighted by atomic mass is 9.55. The molecule has 0 spiro atoms. The number of benzene rings is 1. The molecule has 5 N–H and O–H groups in total. The molecule has 4 aliphatic rings. The molecule has 1 aromatic rings. The van der Waals surface area contributed by atoms with E-state index in [9.17, 15) is 19.6 Å². The number of carbonyl (C=O) groups excluding carboxylic acids is 2. The SMILES string of the molecule is C[C@]12CC[C@@H]3c4ccc(OC(=O)N(CCCl)CCCl)cc4CC[C@H]3[C@@H]1CC[C@@H]2O.O=NN(CCCl)C(=O)NC1CCCCC1.O=P(O)(O)O. The maximum Gasteiger partial charge on any atom is 0.466 e. The number of aliphatic hydroxyl groups is 1. The van der Waals surface area contributed by atoms with Crippen LogP contribution in [-0.2, 0) is 11.0 Å². The number of carbonyl (C=O) groups is 2. The molecule has 0 aliphatic heterocycles. The van der Waals surface area contributed by atoms with Gasteiger partial charge in [-0.2, -0.15) is 5.01 Å². The van der Waals surface area contributed by atoms with Crippen molar-refractivity contribution in [2.45, 2.75) is 95.6 Å². The van der Waals surface area contributed by atoms with Gasteiger partial charge in [0.2, 0.25) is 0 Å². The van der Waals surface area contributed by atoms with Crippen molar-refractivity contribution in [2.75, 3.05) is 37.3 Å². The highest BCUT2D eigenvalue weighted by molar-refractivity contribution is 7.45. The zero-order valence-corrected chi connectivity index (χ0v) is 31.1. The molecule has 0 bridgehead atoms. The molecule has 5 atom stereocenters. The first-order valence-corrected chi connectivity index (χ1v) is 20.1. The van der Waals surface area contributed by atoms with Gasteiger partial charge in [0.05, 0.1) is 17.9 Å². The van der Waals surface area contributed by atoms with Crippen LogP contribution in [0.25, 0.3) is 0 Å². The molecule has 1 aromatic carbocycles. The monoisotopic (exact) mass is 770 g/mol. The van der Waals surface area contributed by atoms with Crippen LogP contribution in [0.3, 0.4) is 0 Å². The van der Waals surface area contributed by atoms with E-state index in [1.165, 1.54) is 17.5 Å². The number of hydrogen-bond donors (Lipinski definition) is 5. The van der Waals surface area contributed by atoms with E-state index < -0.39 is 19.9 Å². The molecule has 3 amide bonds. The normalized spacial score (nSPS) is 25.9. The Bertz CT molecular complexity index is 1270. The number of halogens is 3. The number of ether oxygens (including phenoxy) is 1. The van der Waals surface area contributed by atoms with Gasteiger partial charge in [-0.1, -0.05) is 32.3 Å². The number of nitroso groups, excluding NO2 is 1. The van der Waals surface area contributed by atoms with E-state index in [-0.39, 0.29) is 30.0 Å². The molecule has 0 saturated heterocycles. The second-order valence-corrected chi connectivity index (χ2v) is 15.5. The number of phosphoric acid groups is 1. The fourth-order valence-electron chi connectivity index (χ4n) is 8.01. The largest absolute Gasteiger partial charge is 0.466 e. The number of fused-ring (bicyclic) bond motifs is 5. The third-order valence-electron chi connectivity index (χ3n) is 10.4. The zero-order chi connectivity index (χ0) is 36.2. The predicted molar refractivity (Wildman–Crippen MR) is 189 cm³/mol. The maximum absolute atomic E-state index is 12.4. The highest BCUT2D eigenvalue weighted by atomic mass is 35.5. The first kappa shape index (κ1) is 41.7. The Morgan fingerprint density at radius 2 is 1.61 bits per heavy atom. The molecular formula is C32H50Cl3N4O9P. The Hall–Kier alpha value is -1.70. The van der Waals surface area contributed by atoms with E-state index in [1.54, 1.807) is 4.90 Å². The van der Waals surface area contributed by atoms with Crippen molar-refractivity contribution >= 4 is 54.7 Å². The quantitative estimate of drug-likeness (QED) is 0.0808. The topological polar surface area (TPSA) is 189 Å². The van der Waals surface area contributed by atoms with Gasteiger partial charge in [-0.05, 0) is 97.8 Å². The van der Waals surface area contributed by atoms with E-state index >= 15 is 0 Å². The molecular weight excluding hydrogens is 722 g/mol. The predicted octanol–water partition coefficient (Wildman–Crippen LogP) is 6.50. The lowest BCUT2D eigenvalue weighted by molar-refractivity contribution is -0.0226. The third-order valence-corrected chi connectivity index (χ3v) is 10.9. The third kappa shape index (κ3) is 12.2. The van der Waals surface area contributed by atoms with Gasteiger partial charge >= 0.3 is 19.9 Å². The minimum atomic E-state index is -4.64. The highest BCUT2D eigenvalue weighted by Crippen LogP contribution is 2.61. The first-order chi connectivity index (χ1) is 23.2. The summed E-state index contributed by atoms with van der Waals surface area (Å²) >= 11 is 17.0. The fraction of sp³-hybridized carbons (Fsp3) is 0.750. The molecule has 3 fully saturated rings. The van der Waals surface area contributed by atoms with Gasteiger partial charge in [-0.15, -0.1) is 39.7 Å². The van der Waals surface area contributed by atoms with Gasteiger partial charge in [0.15, 0.2) is 0 Å². The summed E-state index contributed by atoms with van der Waals surface area (Å²) in [6, 6.07) is 5.88. The molecule has 3 saturated carbocycles. The van der Waals surface area contributed by atoms with Gasteiger partial charge < -0.3 is 34.7 Å². The van der Waals surface area contributed by atoms with Gasteiger partial charge in [0.25, 0.3) is 0 Å². The summed E-state index contributed by atoms with van der Waals surface area (Å²) in [5.74, 6) is 3.37. The molecule has 278 valence electrons. The molecule has 0 aromatic heterocycles. The van der Waals surface area contributed by atoms with Gasteiger partial charge in [0, 0.05) is 36.8 Å². The van der Waals surface area contributed by atoms with Crippen LogP contribution in [0.1, 0.15) is 88.2 Å². The van der Waals surface area contributed by atoms with Crippen LogP contribution in [-0.4, -0.2) is 91.2 Å². The van der Waals surface area contributed by atoms with E-state index in [4.69, 9.17) is 58.8 Å². The lowest BCUT2D eigenvalue weighted by Crippen LogP contribution is -2.43. The number of alkyl halides is 3. The zero-order valence-electron chi connectivity index (χ0n) is 27.9. The highest BCUT2D eigenvalue weighted by Gasteiger charge is 2.54. The Kier molecular flexibility index (Phi) is 16.8. The summed E-state index contributed by atoms with van der Waals surface area (Å²) in [5.41, 5.74) is 2.82. The molecule has 0 heterocycles. The Morgan fingerprint density at radius 1 is 0.980 bits per heavy atom. The van der Waals surface area contributed by atoms with Crippen LogP contribution >= 0.6 is 42.6 Å². The first-order valence-electron chi connectivity index (χ1n) is 16.9. The van der Waals surface area contributed by atoms with Gasteiger partial charge in [0.1, 0.15) is 5.75 Å². The number of hydrogen-bond acceptors (Lipinski definition) is 7. The van der Waals surface area contributed by atoms with E-state index in [2.05, 4.69) is 23.6 Å². The number of aryl methyl sites for hydroxylation is 1. The van der Waals surface area contributed by atoms with Gasteiger partial charge in [-0.3, -0.25) is 0 Å². The summed E-state index contributed by atoms with van der Waals surface area (Å²) in [6.07, 6.45) is 11.4. The number of nitrogens with zero attached hydrogens (tertiary/aromatic N) is 3. The molecule has 4 aliphatic carbocycles. The van der Waals surface area contributed by atoms with Crippen LogP contribution in [0.5, 0.6) is 5.75 Å². The van der Waals surface area contributed by atoms with Crippen molar-refractivity contribution in [2.24, 2.45) is 22.5 Å². The number of nitrogens with one attached hydrogen (secondary N) is 1. The average Bonchev–Trinajstić information content (AvgIpc) is 3.37. The number of rotatable bonds is 9. The van der Waals surface area contributed by atoms with Gasteiger partial charge in [-0.25, -0.2) is 14.2 Å². The maximum atomic E-state index is 12.4. The number of aliphatic hydroxyl groups excluding tert-OH is 1. The molecule has 13 nitrogen and oxygen atoms in total. The fourth-order valence-corrected chi connectivity index (χ4v) is 8.58. The summed E-state index contributed by atoms with van der Waals surface area (Å²) in [7, 11) is -4.64. The van der Waals surface area contributed by atoms with Crippen molar-refractivity contribution in [1.29, 1.82) is 0 Å². The Labute approximate surface area is 303 Å².